The highest BCUT2D eigenvalue weighted by Gasteiger charge is 2.22. The molecule has 0 saturated heterocycles. The van der Waals surface area contributed by atoms with Crippen LogP contribution < -0.4 is 16.0 Å². The lowest BCUT2D eigenvalue weighted by Gasteiger charge is -2.15. The van der Waals surface area contributed by atoms with Crippen LogP contribution in [-0.2, 0) is 14.3 Å². The van der Waals surface area contributed by atoms with E-state index < -0.39 is 24.0 Å². The summed E-state index contributed by atoms with van der Waals surface area (Å²) in [6, 6.07) is 6.03. The van der Waals surface area contributed by atoms with Crippen molar-refractivity contribution < 1.29 is 23.9 Å². The molecule has 0 unspecified atom stereocenters. The molecule has 0 aliphatic rings. The Hall–Kier alpha value is -2.55. The number of benzene rings is 1. The van der Waals surface area contributed by atoms with Gasteiger partial charge < -0.3 is 15.4 Å². The number of thioether (sulfide) groups is 1. The van der Waals surface area contributed by atoms with Gasteiger partial charge in [0.05, 0.1) is 11.3 Å². The first-order chi connectivity index (χ1) is 12.7. The monoisotopic (exact) mass is 395 g/mol. The molecule has 0 radical (unpaired) electrons. The molecule has 0 aromatic heterocycles. The van der Waals surface area contributed by atoms with Crippen molar-refractivity contribution in [2.24, 2.45) is 0 Å². The number of esters is 1. The maximum atomic E-state index is 12.4. The van der Waals surface area contributed by atoms with Gasteiger partial charge in [-0.25, -0.2) is 9.59 Å². The van der Waals surface area contributed by atoms with Gasteiger partial charge in [-0.3, -0.25) is 14.9 Å². The van der Waals surface area contributed by atoms with Crippen LogP contribution in [0.25, 0.3) is 0 Å². The highest BCUT2D eigenvalue weighted by Crippen LogP contribution is 2.23. The Morgan fingerprint density at radius 1 is 1.11 bits per heavy atom. The number of amides is 4. The summed E-state index contributed by atoms with van der Waals surface area (Å²) in [6.45, 7) is 7.17. The predicted octanol–water partition coefficient (Wildman–Crippen LogP) is 1.69. The molecule has 4 amide bonds. The van der Waals surface area contributed by atoms with Gasteiger partial charge in [0.25, 0.3) is 5.91 Å². The quantitative estimate of drug-likeness (QED) is 0.456. The average Bonchev–Trinajstić information content (AvgIpc) is 2.59. The second-order valence-corrected chi connectivity index (χ2v) is 6.92. The molecule has 0 fully saturated rings. The topological polar surface area (TPSA) is 114 Å². The molecule has 1 rings (SSSR count). The fourth-order valence-corrected chi connectivity index (χ4v) is 2.82. The summed E-state index contributed by atoms with van der Waals surface area (Å²) in [4.78, 5) is 48.0. The van der Waals surface area contributed by atoms with Crippen LogP contribution in [0.4, 0.5) is 4.79 Å². The summed E-state index contributed by atoms with van der Waals surface area (Å²) in [5, 5.41) is 7.27. The number of ether oxygens (including phenoxy) is 1. The lowest BCUT2D eigenvalue weighted by Crippen LogP contribution is -2.44. The van der Waals surface area contributed by atoms with Gasteiger partial charge in [0.1, 0.15) is 0 Å². The van der Waals surface area contributed by atoms with Crippen LogP contribution in [0.2, 0.25) is 0 Å². The van der Waals surface area contributed by atoms with Crippen LogP contribution in [0.15, 0.2) is 29.2 Å². The van der Waals surface area contributed by atoms with E-state index in [1.54, 1.807) is 31.2 Å². The van der Waals surface area contributed by atoms with E-state index in [-0.39, 0.29) is 23.3 Å². The van der Waals surface area contributed by atoms with Crippen molar-refractivity contribution in [1.82, 2.24) is 16.0 Å². The van der Waals surface area contributed by atoms with E-state index in [4.69, 9.17) is 4.74 Å². The first-order valence-corrected chi connectivity index (χ1v) is 9.54. The minimum atomic E-state index is -1.15. The highest BCUT2D eigenvalue weighted by molar-refractivity contribution is 8.00. The number of urea groups is 1. The molecule has 0 heterocycles. The van der Waals surface area contributed by atoms with Crippen LogP contribution >= 0.6 is 11.8 Å². The van der Waals surface area contributed by atoms with E-state index >= 15 is 0 Å². The molecule has 9 heteroatoms. The second kappa shape index (κ2) is 11.2. The fourth-order valence-electron chi connectivity index (χ4n) is 1.96. The fraction of sp³-hybridized carbons (Fsp3) is 0.444. The van der Waals surface area contributed by atoms with E-state index in [2.05, 4.69) is 16.0 Å². The van der Waals surface area contributed by atoms with Gasteiger partial charge in [0, 0.05) is 17.5 Å². The van der Waals surface area contributed by atoms with Crippen molar-refractivity contribution in [3.63, 3.8) is 0 Å². The summed E-state index contributed by atoms with van der Waals surface area (Å²) >= 11 is 1.20. The van der Waals surface area contributed by atoms with Crippen molar-refractivity contribution >= 4 is 35.6 Å². The van der Waals surface area contributed by atoms with Gasteiger partial charge in [-0.15, -0.1) is 11.8 Å². The number of hydrogen-bond acceptors (Lipinski definition) is 6. The number of carbonyl (C=O) groups is 4. The van der Waals surface area contributed by atoms with Crippen molar-refractivity contribution in [3.05, 3.63) is 29.8 Å². The molecule has 3 N–H and O–H groups in total. The second-order valence-electron chi connectivity index (χ2n) is 5.90. The Morgan fingerprint density at radius 3 is 2.41 bits per heavy atom. The van der Waals surface area contributed by atoms with E-state index in [1.165, 1.54) is 18.7 Å². The molecule has 27 heavy (non-hydrogen) atoms. The van der Waals surface area contributed by atoms with Gasteiger partial charge in [-0.1, -0.05) is 12.1 Å². The van der Waals surface area contributed by atoms with Crippen LogP contribution in [0, 0.1) is 0 Å². The van der Waals surface area contributed by atoms with E-state index in [0.29, 0.717) is 11.4 Å². The third-order valence-electron chi connectivity index (χ3n) is 3.14. The lowest BCUT2D eigenvalue weighted by atomic mass is 10.2. The SMILES string of the molecule is CCNC(=O)NC(=O)[C@@H](C)OC(=O)c1ccccc1SCC(=O)NC(C)C. The van der Waals surface area contributed by atoms with Crippen molar-refractivity contribution in [2.75, 3.05) is 12.3 Å². The summed E-state index contributed by atoms with van der Waals surface area (Å²) < 4.78 is 5.14. The molecule has 0 aliphatic carbocycles. The van der Waals surface area contributed by atoms with Gasteiger partial charge in [0.2, 0.25) is 5.91 Å². The molecule has 148 valence electrons. The van der Waals surface area contributed by atoms with E-state index in [1.807, 2.05) is 13.8 Å². The smallest absolute Gasteiger partial charge is 0.340 e. The third-order valence-corrected chi connectivity index (χ3v) is 4.22. The molecule has 1 aromatic carbocycles. The zero-order chi connectivity index (χ0) is 20.4. The molecule has 1 aromatic rings. The number of nitrogens with one attached hydrogen (secondary N) is 3. The summed E-state index contributed by atoms with van der Waals surface area (Å²) in [5.41, 5.74) is 0.248. The molecule has 0 aliphatic heterocycles. The predicted molar refractivity (Wildman–Crippen MR) is 103 cm³/mol. The molecule has 0 bridgehead atoms. The van der Waals surface area contributed by atoms with Crippen molar-refractivity contribution in [3.8, 4) is 0 Å². The molecular weight excluding hydrogens is 370 g/mol. The zero-order valence-electron chi connectivity index (χ0n) is 15.8. The number of carbonyl (C=O) groups excluding carboxylic acids is 4. The first kappa shape index (κ1) is 22.5. The van der Waals surface area contributed by atoms with Crippen LogP contribution in [0.5, 0.6) is 0 Å². The average molecular weight is 395 g/mol. The van der Waals surface area contributed by atoms with Gasteiger partial charge >= 0.3 is 12.0 Å². The van der Waals surface area contributed by atoms with Gasteiger partial charge in [-0.2, -0.15) is 0 Å². The molecule has 1 atom stereocenters. The van der Waals surface area contributed by atoms with E-state index in [0.717, 1.165) is 0 Å². The Kier molecular flexibility index (Phi) is 9.35. The summed E-state index contributed by atoms with van der Waals surface area (Å²) in [6.07, 6.45) is -1.15. The Balaban J connectivity index is 2.70. The maximum Gasteiger partial charge on any atom is 0.340 e. The highest BCUT2D eigenvalue weighted by atomic mass is 32.2. The van der Waals surface area contributed by atoms with Gasteiger partial charge in [0.15, 0.2) is 6.10 Å². The molecular formula is C18H25N3O5S. The zero-order valence-corrected chi connectivity index (χ0v) is 16.6. The minimum Gasteiger partial charge on any atom is -0.449 e. The Morgan fingerprint density at radius 2 is 1.78 bits per heavy atom. The number of rotatable bonds is 8. The van der Waals surface area contributed by atoms with Crippen LogP contribution in [0.3, 0.4) is 0 Å². The van der Waals surface area contributed by atoms with Crippen molar-refractivity contribution in [2.45, 2.75) is 44.7 Å². The lowest BCUT2D eigenvalue weighted by molar-refractivity contribution is -0.128. The molecule has 8 nitrogen and oxygen atoms in total. The van der Waals surface area contributed by atoms with Crippen LogP contribution in [0.1, 0.15) is 38.1 Å². The maximum absolute atomic E-state index is 12.4. The molecule has 0 saturated carbocycles. The van der Waals surface area contributed by atoms with E-state index in [9.17, 15) is 19.2 Å². The van der Waals surface area contributed by atoms with Crippen LogP contribution in [-0.4, -0.2) is 48.3 Å². The third kappa shape index (κ3) is 8.12. The van der Waals surface area contributed by atoms with Crippen molar-refractivity contribution in [1.29, 1.82) is 0 Å². The Labute approximate surface area is 162 Å². The summed E-state index contributed by atoms with van der Waals surface area (Å²) in [5.74, 6) is -1.43. The largest absolute Gasteiger partial charge is 0.449 e. The first-order valence-electron chi connectivity index (χ1n) is 8.55. The van der Waals surface area contributed by atoms with Gasteiger partial charge in [-0.05, 0) is 39.8 Å². The standard InChI is InChI=1S/C18H25N3O5S/c1-5-19-18(25)21-16(23)12(4)26-17(24)13-8-6-7-9-14(13)27-10-15(22)20-11(2)3/h6-9,11-12H,5,10H2,1-4H3,(H,20,22)(H2,19,21,23,25)/t12-/m1/s1. The molecule has 0 spiro atoms. The Bertz CT molecular complexity index is 693. The number of imide groups is 1. The normalized spacial score (nSPS) is 11.4. The summed E-state index contributed by atoms with van der Waals surface area (Å²) in [7, 11) is 0. The number of hydrogen-bond donors (Lipinski definition) is 3. The minimum absolute atomic E-state index is 0.0302.